The van der Waals surface area contributed by atoms with Crippen LogP contribution in [-0.4, -0.2) is 10.2 Å². The highest BCUT2D eigenvalue weighted by atomic mass is 16.3. The van der Waals surface area contributed by atoms with Crippen LogP contribution in [0.2, 0.25) is 0 Å². The molecule has 148 valence electrons. The zero-order valence-electron chi connectivity index (χ0n) is 16.6. The SMILES string of the molecule is C=CCc1cc(-c2ccccc2O)c(O)c(CNCc2ccccc2)c1CC=C. The first-order chi connectivity index (χ1) is 14.2. The average molecular weight is 386 g/mol. The molecule has 0 spiro atoms. The highest BCUT2D eigenvalue weighted by molar-refractivity contribution is 5.78. The van der Waals surface area contributed by atoms with Crippen LogP contribution in [0.15, 0.2) is 86.0 Å². The van der Waals surface area contributed by atoms with Crippen LogP contribution >= 0.6 is 0 Å². The van der Waals surface area contributed by atoms with Crippen LogP contribution < -0.4 is 5.32 Å². The summed E-state index contributed by atoms with van der Waals surface area (Å²) < 4.78 is 0. The number of para-hydroxylation sites is 1. The molecule has 0 aromatic heterocycles. The lowest BCUT2D eigenvalue weighted by atomic mass is 9.89. The number of rotatable bonds is 9. The van der Waals surface area contributed by atoms with Crippen molar-refractivity contribution in [2.75, 3.05) is 0 Å². The van der Waals surface area contributed by atoms with E-state index >= 15 is 0 Å². The van der Waals surface area contributed by atoms with E-state index in [-0.39, 0.29) is 11.5 Å². The van der Waals surface area contributed by atoms with Gasteiger partial charge in [0.1, 0.15) is 11.5 Å². The van der Waals surface area contributed by atoms with Gasteiger partial charge in [-0.2, -0.15) is 0 Å². The minimum absolute atomic E-state index is 0.145. The second-order valence-corrected chi connectivity index (χ2v) is 6.98. The van der Waals surface area contributed by atoms with Gasteiger partial charge in [0.2, 0.25) is 0 Å². The molecule has 0 radical (unpaired) electrons. The van der Waals surface area contributed by atoms with E-state index in [1.165, 1.54) is 5.56 Å². The molecule has 0 saturated carbocycles. The zero-order valence-corrected chi connectivity index (χ0v) is 16.6. The van der Waals surface area contributed by atoms with Crippen molar-refractivity contribution in [2.45, 2.75) is 25.9 Å². The van der Waals surface area contributed by atoms with Gasteiger partial charge < -0.3 is 15.5 Å². The molecule has 0 fully saturated rings. The second kappa shape index (κ2) is 9.76. The van der Waals surface area contributed by atoms with Gasteiger partial charge >= 0.3 is 0 Å². The lowest BCUT2D eigenvalue weighted by molar-refractivity contribution is 0.461. The largest absolute Gasteiger partial charge is 0.507 e. The molecule has 3 nitrogen and oxygen atoms in total. The monoisotopic (exact) mass is 385 g/mol. The normalized spacial score (nSPS) is 10.6. The van der Waals surface area contributed by atoms with Crippen molar-refractivity contribution in [1.82, 2.24) is 5.32 Å². The lowest BCUT2D eigenvalue weighted by Crippen LogP contribution is -2.15. The van der Waals surface area contributed by atoms with Crippen LogP contribution in [0.5, 0.6) is 11.5 Å². The first-order valence-electron chi connectivity index (χ1n) is 9.77. The van der Waals surface area contributed by atoms with Crippen LogP contribution in [0, 0.1) is 0 Å². The summed E-state index contributed by atoms with van der Waals surface area (Å²) in [6, 6.07) is 19.2. The lowest BCUT2D eigenvalue weighted by Gasteiger charge is -2.20. The predicted octanol–water partition coefficient (Wildman–Crippen LogP) is 5.51. The molecule has 0 aliphatic rings. The van der Waals surface area contributed by atoms with Gasteiger partial charge in [0.05, 0.1) is 0 Å². The summed E-state index contributed by atoms with van der Waals surface area (Å²) in [6.07, 6.45) is 5.03. The number of phenols is 2. The predicted molar refractivity (Wildman–Crippen MR) is 120 cm³/mol. The first kappa shape index (κ1) is 20.4. The highest BCUT2D eigenvalue weighted by Gasteiger charge is 2.19. The summed E-state index contributed by atoms with van der Waals surface area (Å²) in [5, 5.41) is 24.9. The molecule has 3 rings (SSSR count). The van der Waals surface area contributed by atoms with Crippen LogP contribution in [0.25, 0.3) is 11.1 Å². The van der Waals surface area contributed by atoms with E-state index < -0.39 is 0 Å². The van der Waals surface area contributed by atoms with Crippen LogP contribution in [0.4, 0.5) is 0 Å². The van der Waals surface area contributed by atoms with Gasteiger partial charge in [0.15, 0.2) is 0 Å². The molecular weight excluding hydrogens is 358 g/mol. The molecule has 0 bridgehead atoms. The van der Waals surface area contributed by atoms with Gasteiger partial charge in [0, 0.05) is 29.8 Å². The van der Waals surface area contributed by atoms with E-state index in [1.54, 1.807) is 12.1 Å². The number of hydrogen-bond donors (Lipinski definition) is 3. The maximum atomic E-state index is 11.2. The molecule has 3 N–H and O–H groups in total. The summed E-state index contributed by atoms with van der Waals surface area (Å²) in [5.41, 5.74) is 5.39. The molecule has 3 aromatic carbocycles. The summed E-state index contributed by atoms with van der Waals surface area (Å²) in [6.45, 7) is 8.97. The number of hydrogen-bond acceptors (Lipinski definition) is 3. The van der Waals surface area contributed by atoms with Gasteiger partial charge in [-0.05, 0) is 41.7 Å². The highest BCUT2D eigenvalue weighted by Crippen LogP contribution is 2.40. The third kappa shape index (κ3) is 4.76. The Morgan fingerprint density at radius 1 is 0.759 bits per heavy atom. The van der Waals surface area contributed by atoms with Crippen molar-refractivity contribution in [1.29, 1.82) is 0 Å². The van der Waals surface area contributed by atoms with Gasteiger partial charge in [-0.3, -0.25) is 0 Å². The van der Waals surface area contributed by atoms with Crippen molar-refractivity contribution < 1.29 is 10.2 Å². The van der Waals surface area contributed by atoms with E-state index in [2.05, 4.69) is 30.6 Å². The number of aromatic hydroxyl groups is 2. The fourth-order valence-corrected chi connectivity index (χ4v) is 3.59. The molecule has 0 aliphatic carbocycles. The molecule has 0 saturated heterocycles. The smallest absolute Gasteiger partial charge is 0.128 e. The molecule has 0 heterocycles. The summed E-state index contributed by atoms with van der Waals surface area (Å²) in [4.78, 5) is 0. The number of phenolic OH excluding ortho intramolecular Hbond substituents is 2. The summed E-state index contributed by atoms with van der Waals surface area (Å²) >= 11 is 0. The van der Waals surface area contributed by atoms with E-state index in [1.807, 2.05) is 48.6 Å². The van der Waals surface area contributed by atoms with Gasteiger partial charge in [-0.15, -0.1) is 13.2 Å². The minimum atomic E-state index is 0.145. The maximum absolute atomic E-state index is 11.2. The minimum Gasteiger partial charge on any atom is -0.507 e. The molecule has 0 unspecified atom stereocenters. The summed E-state index contributed by atoms with van der Waals surface area (Å²) in [7, 11) is 0. The molecular formula is C26H27NO2. The Morgan fingerprint density at radius 3 is 2.14 bits per heavy atom. The van der Waals surface area contributed by atoms with Crippen molar-refractivity contribution >= 4 is 0 Å². The topological polar surface area (TPSA) is 52.5 Å². The Bertz CT molecular complexity index is 993. The third-order valence-electron chi connectivity index (χ3n) is 4.99. The quantitative estimate of drug-likeness (QED) is 0.426. The number of allylic oxidation sites excluding steroid dienone is 2. The fraction of sp³-hybridized carbons (Fsp3) is 0.154. The van der Waals surface area contributed by atoms with E-state index in [0.717, 1.165) is 16.7 Å². The summed E-state index contributed by atoms with van der Waals surface area (Å²) in [5.74, 6) is 0.337. The van der Waals surface area contributed by atoms with Crippen molar-refractivity contribution in [2.24, 2.45) is 0 Å². The van der Waals surface area contributed by atoms with E-state index in [0.29, 0.717) is 37.1 Å². The van der Waals surface area contributed by atoms with Crippen LogP contribution in [-0.2, 0) is 25.9 Å². The Hall–Kier alpha value is -3.30. The molecule has 3 aromatic rings. The Balaban J connectivity index is 2.04. The van der Waals surface area contributed by atoms with Crippen molar-refractivity contribution in [3.8, 4) is 22.6 Å². The second-order valence-electron chi connectivity index (χ2n) is 6.98. The fourth-order valence-electron chi connectivity index (χ4n) is 3.59. The molecule has 3 heteroatoms. The first-order valence-corrected chi connectivity index (χ1v) is 9.77. The van der Waals surface area contributed by atoms with Gasteiger partial charge in [0.25, 0.3) is 0 Å². The van der Waals surface area contributed by atoms with Gasteiger partial charge in [-0.25, -0.2) is 0 Å². The Kier molecular flexibility index (Phi) is 6.88. The molecule has 0 amide bonds. The van der Waals surface area contributed by atoms with Crippen LogP contribution in [0.1, 0.15) is 22.3 Å². The zero-order chi connectivity index (χ0) is 20.6. The van der Waals surface area contributed by atoms with Gasteiger partial charge in [-0.1, -0.05) is 60.7 Å². The molecule has 29 heavy (non-hydrogen) atoms. The average Bonchev–Trinajstić information content (AvgIpc) is 2.73. The molecule has 0 aliphatic heterocycles. The Labute approximate surface area is 172 Å². The maximum Gasteiger partial charge on any atom is 0.128 e. The number of nitrogens with one attached hydrogen (secondary N) is 1. The van der Waals surface area contributed by atoms with E-state index in [9.17, 15) is 10.2 Å². The number of benzene rings is 3. The Morgan fingerprint density at radius 2 is 1.45 bits per heavy atom. The van der Waals surface area contributed by atoms with E-state index in [4.69, 9.17) is 0 Å². The third-order valence-corrected chi connectivity index (χ3v) is 4.99. The van der Waals surface area contributed by atoms with Crippen molar-refractivity contribution in [3.63, 3.8) is 0 Å². The van der Waals surface area contributed by atoms with Crippen molar-refractivity contribution in [3.05, 3.63) is 108 Å². The standard InChI is InChI=1S/C26H27NO2/c1-3-10-20-16-23(22-14-8-9-15-25(22)28)26(29)24(21(20)11-4-2)18-27-17-19-12-6-5-7-13-19/h3-9,12-16,27-29H,1-2,10-11,17-18H2. The van der Waals surface area contributed by atoms with Crippen LogP contribution in [0.3, 0.4) is 0 Å². The molecule has 0 atom stereocenters.